The molecule has 2 aromatic carbocycles. The van der Waals surface area contributed by atoms with Crippen molar-refractivity contribution in [3.63, 3.8) is 0 Å². The van der Waals surface area contributed by atoms with Gasteiger partial charge in [0.2, 0.25) is 0 Å². The molecule has 6 heteroatoms. The Labute approximate surface area is 166 Å². The second kappa shape index (κ2) is 5.56. The number of carbonyl (C=O) groups excluding carboxylic acids is 1. The fourth-order valence-corrected chi connectivity index (χ4v) is 4.88. The molecule has 1 unspecified atom stereocenters. The molecule has 1 aliphatic carbocycles. The van der Waals surface area contributed by atoms with E-state index in [1.807, 2.05) is 35.0 Å². The summed E-state index contributed by atoms with van der Waals surface area (Å²) in [4.78, 5) is 18.1. The van der Waals surface area contributed by atoms with Crippen molar-refractivity contribution in [1.82, 2.24) is 14.6 Å². The first-order chi connectivity index (χ1) is 14.1. The third-order valence-corrected chi connectivity index (χ3v) is 6.11. The molecule has 29 heavy (non-hydrogen) atoms. The summed E-state index contributed by atoms with van der Waals surface area (Å²) < 4.78 is 13.0. The largest absolute Gasteiger partial charge is 0.493 e. The molecule has 1 aliphatic rings. The molecule has 0 saturated heterocycles. The Morgan fingerprint density at radius 3 is 2.66 bits per heavy atom. The Morgan fingerprint density at radius 2 is 1.86 bits per heavy atom. The highest BCUT2D eigenvalue weighted by Crippen LogP contribution is 2.43. The van der Waals surface area contributed by atoms with Crippen LogP contribution < -0.4 is 9.47 Å². The molecule has 6 rings (SSSR count). The second-order valence-corrected chi connectivity index (χ2v) is 7.92. The number of rotatable bonds is 2. The molecule has 1 atom stereocenters. The lowest BCUT2D eigenvalue weighted by molar-refractivity contribution is 0.0954. The summed E-state index contributed by atoms with van der Waals surface area (Å²) in [5.74, 6) is 1.72. The molecule has 0 radical (unpaired) electrons. The van der Waals surface area contributed by atoms with Gasteiger partial charge in [-0.15, -0.1) is 0 Å². The van der Waals surface area contributed by atoms with E-state index in [0.717, 1.165) is 55.8 Å². The number of benzene rings is 2. The van der Waals surface area contributed by atoms with E-state index in [4.69, 9.17) is 14.5 Å². The monoisotopic (exact) mass is 385 g/mol. The van der Waals surface area contributed by atoms with E-state index in [-0.39, 0.29) is 5.78 Å². The first-order valence-corrected chi connectivity index (χ1v) is 9.74. The number of ether oxygens (including phenoxy) is 2. The predicted molar refractivity (Wildman–Crippen MR) is 112 cm³/mol. The van der Waals surface area contributed by atoms with E-state index in [0.29, 0.717) is 23.8 Å². The van der Waals surface area contributed by atoms with Crippen LogP contribution in [0.1, 0.15) is 29.4 Å². The highest BCUT2D eigenvalue weighted by Gasteiger charge is 2.29. The molecule has 5 aromatic rings. The first kappa shape index (κ1) is 16.5. The van der Waals surface area contributed by atoms with E-state index in [9.17, 15) is 4.79 Å². The van der Waals surface area contributed by atoms with Gasteiger partial charge < -0.3 is 9.47 Å². The zero-order valence-corrected chi connectivity index (χ0v) is 16.4. The third-order valence-electron chi connectivity index (χ3n) is 6.11. The van der Waals surface area contributed by atoms with Crippen molar-refractivity contribution in [3.8, 4) is 11.5 Å². The first-order valence-electron chi connectivity index (χ1n) is 9.74. The van der Waals surface area contributed by atoms with Crippen LogP contribution in [0.4, 0.5) is 0 Å². The van der Waals surface area contributed by atoms with Crippen LogP contribution in [0.15, 0.2) is 30.5 Å². The van der Waals surface area contributed by atoms with Crippen molar-refractivity contribution in [2.45, 2.75) is 19.8 Å². The molecule has 0 aliphatic heterocycles. The van der Waals surface area contributed by atoms with E-state index in [2.05, 4.69) is 12.0 Å². The number of methoxy groups -OCH3 is 2. The van der Waals surface area contributed by atoms with Crippen molar-refractivity contribution in [2.75, 3.05) is 14.2 Å². The summed E-state index contributed by atoms with van der Waals surface area (Å²) >= 11 is 0. The van der Waals surface area contributed by atoms with Crippen molar-refractivity contribution < 1.29 is 14.3 Å². The van der Waals surface area contributed by atoms with E-state index in [1.54, 1.807) is 14.2 Å². The SMILES string of the molecule is COc1cc2c3c4c(nc5ccc6cnn(c2cc1OC)c6c53)CC(C)CC4=O. The number of hydrogen-bond donors (Lipinski definition) is 0. The average Bonchev–Trinajstić information content (AvgIpc) is 3.15. The van der Waals surface area contributed by atoms with Gasteiger partial charge in [-0.1, -0.05) is 6.92 Å². The zero-order valence-electron chi connectivity index (χ0n) is 16.4. The molecule has 0 N–H and O–H groups in total. The fourth-order valence-electron chi connectivity index (χ4n) is 4.88. The van der Waals surface area contributed by atoms with Crippen molar-refractivity contribution in [2.24, 2.45) is 5.92 Å². The highest BCUT2D eigenvalue weighted by molar-refractivity contribution is 6.28. The maximum absolute atomic E-state index is 13.2. The van der Waals surface area contributed by atoms with Crippen molar-refractivity contribution >= 4 is 43.9 Å². The Balaban J connectivity index is 1.94. The van der Waals surface area contributed by atoms with Crippen LogP contribution in [0.2, 0.25) is 0 Å². The van der Waals surface area contributed by atoms with Gasteiger partial charge in [0.1, 0.15) is 0 Å². The van der Waals surface area contributed by atoms with Gasteiger partial charge in [0.25, 0.3) is 0 Å². The second-order valence-electron chi connectivity index (χ2n) is 7.92. The van der Waals surface area contributed by atoms with Gasteiger partial charge in [-0.3, -0.25) is 9.78 Å². The quantitative estimate of drug-likeness (QED) is 0.333. The van der Waals surface area contributed by atoms with Crippen LogP contribution in [0.3, 0.4) is 0 Å². The molecular weight excluding hydrogens is 366 g/mol. The molecule has 3 heterocycles. The van der Waals surface area contributed by atoms with Gasteiger partial charge in [-0.25, -0.2) is 4.52 Å². The molecule has 144 valence electrons. The Hall–Kier alpha value is -3.41. The van der Waals surface area contributed by atoms with Gasteiger partial charge in [-0.05, 0) is 30.5 Å². The smallest absolute Gasteiger partial charge is 0.165 e. The van der Waals surface area contributed by atoms with E-state index < -0.39 is 0 Å². The summed E-state index contributed by atoms with van der Waals surface area (Å²) in [7, 11) is 3.24. The summed E-state index contributed by atoms with van der Waals surface area (Å²) in [6.07, 6.45) is 3.21. The molecule has 6 nitrogen and oxygen atoms in total. The van der Waals surface area contributed by atoms with Gasteiger partial charge in [0.15, 0.2) is 17.3 Å². The Bertz CT molecular complexity index is 1470. The molecule has 0 spiro atoms. The molecule has 0 bridgehead atoms. The molecule has 0 saturated carbocycles. The number of nitrogens with zero attached hydrogens (tertiary/aromatic N) is 3. The minimum atomic E-state index is 0.161. The Morgan fingerprint density at radius 1 is 1.07 bits per heavy atom. The molecule has 0 amide bonds. The summed E-state index contributed by atoms with van der Waals surface area (Å²) in [6, 6.07) is 7.97. The maximum Gasteiger partial charge on any atom is 0.165 e. The highest BCUT2D eigenvalue weighted by atomic mass is 16.5. The van der Waals surface area contributed by atoms with Crippen LogP contribution in [0, 0.1) is 5.92 Å². The lowest BCUT2D eigenvalue weighted by Gasteiger charge is -2.23. The van der Waals surface area contributed by atoms with Gasteiger partial charge in [-0.2, -0.15) is 5.10 Å². The number of fused-ring (bicyclic) bond motifs is 5. The predicted octanol–water partition coefficient (Wildman–Crippen LogP) is 4.41. The van der Waals surface area contributed by atoms with Gasteiger partial charge in [0.05, 0.1) is 42.7 Å². The van der Waals surface area contributed by atoms with Crippen molar-refractivity contribution in [1.29, 1.82) is 0 Å². The summed E-state index contributed by atoms with van der Waals surface area (Å²) in [5.41, 5.74) is 4.42. The van der Waals surface area contributed by atoms with E-state index in [1.165, 1.54) is 0 Å². The molecule has 3 aromatic heterocycles. The fraction of sp³-hybridized carbons (Fsp3) is 0.261. The number of ketones is 1. The van der Waals surface area contributed by atoms with Gasteiger partial charge in [0, 0.05) is 39.6 Å². The minimum Gasteiger partial charge on any atom is -0.493 e. The van der Waals surface area contributed by atoms with Crippen molar-refractivity contribution in [3.05, 3.63) is 41.7 Å². The number of hydrogen-bond acceptors (Lipinski definition) is 5. The standard InChI is InChI=1S/C23H19N3O3/c1-11-6-15-21(17(27)7-11)20-13-8-18(28-2)19(29-3)9-16(13)26-23-12(10-24-26)4-5-14(25-15)22(20)23/h4-5,8-11H,6-7H2,1-3H3. The number of Topliss-reactive ketones (excluding diaryl/α,β-unsaturated/α-hetero) is 1. The van der Waals surface area contributed by atoms with E-state index >= 15 is 0 Å². The van der Waals surface area contributed by atoms with Crippen LogP contribution in [-0.4, -0.2) is 34.6 Å². The lowest BCUT2D eigenvalue weighted by Crippen LogP contribution is -2.20. The Kier molecular flexibility index (Phi) is 3.17. The summed E-state index contributed by atoms with van der Waals surface area (Å²) in [6.45, 7) is 2.11. The van der Waals surface area contributed by atoms with Crippen LogP contribution in [-0.2, 0) is 6.42 Å². The molecular formula is C23H19N3O3. The number of carbonyl (C=O) groups is 1. The van der Waals surface area contributed by atoms with Crippen LogP contribution in [0.25, 0.3) is 38.1 Å². The molecule has 0 fully saturated rings. The average molecular weight is 385 g/mol. The van der Waals surface area contributed by atoms with Crippen LogP contribution >= 0.6 is 0 Å². The summed E-state index contributed by atoms with van der Waals surface area (Å²) in [5, 5.41) is 8.53. The zero-order chi connectivity index (χ0) is 19.9. The van der Waals surface area contributed by atoms with Crippen LogP contribution in [0.5, 0.6) is 11.5 Å². The maximum atomic E-state index is 13.2. The number of aromatic nitrogens is 3. The third kappa shape index (κ3) is 2.03. The minimum absolute atomic E-state index is 0.161. The normalized spacial score (nSPS) is 16.9. The lowest BCUT2D eigenvalue weighted by atomic mass is 9.83. The number of pyridine rings is 2. The topological polar surface area (TPSA) is 65.7 Å². The van der Waals surface area contributed by atoms with Gasteiger partial charge >= 0.3 is 0 Å².